The molecular weight excluding hydrogens is 481 g/mol. The van der Waals surface area contributed by atoms with E-state index in [1.54, 1.807) is 25.2 Å². The second-order valence-corrected chi connectivity index (χ2v) is 8.51. The van der Waals surface area contributed by atoms with Gasteiger partial charge in [0.25, 0.3) is 0 Å². The van der Waals surface area contributed by atoms with Crippen molar-refractivity contribution in [3.8, 4) is 11.5 Å². The average molecular weight is 509 g/mol. The van der Waals surface area contributed by atoms with Crippen LogP contribution < -0.4 is 14.8 Å². The lowest BCUT2D eigenvalue weighted by molar-refractivity contribution is -0.137. The number of carbonyl (C=O) groups is 1. The minimum absolute atomic E-state index is 0.141. The third kappa shape index (κ3) is 6.33. The first-order chi connectivity index (χ1) is 17.8. The lowest BCUT2D eigenvalue weighted by Crippen LogP contribution is -2.36. The SMILES string of the molecule is COc1ccc(CCN(Cc2ccc(C(F)(F)F)cc2)C(=O)Nc2cccc3ccccc23)cc1OC. The van der Waals surface area contributed by atoms with Crippen molar-refractivity contribution in [2.45, 2.75) is 19.1 Å². The van der Waals surface area contributed by atoms with Gasteiger partial charge in [-0.05, 0) is 53.3 Å². The number of amides is 2. The van der Waals surface area contributed by atoms with Crippen LogP contribution >= 0.6 is 0 Å². The minimum atomic E-state index is -4.42. The monoisotopic (exact) mass is 508 g/mol. The molecule has 0 fully saturated rings. The zero-order chi connectivity index (χ0) is 26.4. The Bertz CT molecular complexity index is 1370. The second kappa shape index (κ2) is 11.2. The number of hydrogen-bond donors (Lipinski definition) is 1. The van der Waals surface area contributed by atoms with Gasteiger partial charge in [0.05, 0.1) is 25.5 Å². The molecule has 1 N–H and O–H groups in total. The number of ether oxygens (including phenoxy) is 2. The van der Waals surface area contributed by atoms with Crippen LogP contribution in [0.3, 0.4) is 0 Å². The van der Waals surface area contributed by atoms with Gasteiger partial charge in [-0.15, -0.1) is 0 Å². The van der Waals surface area contributed by atoms with Crippen molar-refractivity contribution in [1.82, 2.24) is 4.90 Å². The average Bonchev–Trinajstić information content (AvgIpc) is 2.90. The van der Waals surface area contributed by atoms with Crippen LogP contribution in [-0.2, 0) is 19.1 Å². The lowest BCUT2D eigenvalue weighted by atomic mass is 10.1. The highest BCUT2D eigenvalue weighted by Gasteiger charge is 2.30. The number of rotatable bonds is 8. The molecule has 0 bridgehead atoms. The van der Waals surface area contributed by atoms with E-state index in [0.717, 1.165) is 28.5 Å². The summed E-state index contributed by atoms with van der Waals surface area (Å²) in [6.07, 6.45) is -3.92. The van der Waals surface area contributed by atoms with Crippen LogP contribution in [0, 0.1) is 0 Å². The van der Waals surface area contributed by atoms with Crippen molar-refractivity contribution < 1.29 is 27.4 Å². The fourth-order valence-corrected chi connectivity index (χ4v) is 4.10. The minimum Gasteiger partial charge on any atom is -0.493 e. The van der Waals surface area contributed by atoms with Gasteiger partial charge >= 0.3 is 12.2 Å². The van der Waals surface area contributed by atoms with Crippen LogP contribution in [0.25, 0.3) is 10.8 Å². The Hall–Kier alpha value is -4.20. The van der Waals surface area contributed by atoms with Gasteiger partial charge in [-0.25, -0.2) is 4.79 Å². The largest absolute Gasteiger partial charge is 0.493 e. The van der Waals surface area contributed by atoms with Crippen molar-refractivity contribution in [1.29, 1.82) is 0 Å². The molecule has 0 radical (unpaired) electrons. The lowest BCUT2D eigenvalue weighted by Gasteiger charge is -2.24. The predicted octanol–water partition coefficient (Wildman–Crippen LogP) is 7.15. The molecule has 0 aliphatic rings. The number of benzene rings is 4. The highest BCUT2D eigenvalue weighted by atomic mass is 19.4. The number of alkyl halides is 3. The molecule has 0 aliphatic carbocycles. The predicted molar refractivity (Wildman–Crippen MR) is 138 cm³/mol. The van der Waals surface area contributed by atoms with Crippen molar-refractivity contribution in [3.63, 3.8) is 0 Å². The molecule has 0 aliphatic heterocycles. The van der Waals surface area contributed by atoms with E-state index < -0.39 is 11.7 Å². The first kappa shape index (κ1) is 25.9. The number of nitrogens with zero attached hydrogens (tertiary/aromatic N) is 1. The van der Waals surface area contributed by atoms with Gasteiger partial charge in [0, 0.05) is 18.5 Å². The van der Waals surface area contributed by atoms with Crippen LogP contribution in [0.15, 0.2) is 84.9 Å². The molecule has 37 heavy (non-hydrogen) atoms. The zero-order valence-corrected chi connectivity index (χ0v) is 20.5. The number of carbonyl (C=O) groups excluding carboxylic acids is 1. The molecule has 5 nitrogen and oxygen atoms in total. The number of halogens is 3. The normalized spacial score (nSPS) is 11.3. The van der Waals surface area contributed by atoms with E-state index >= 15 is 0 Å². The maximum atomic E-state index is 13.4. The summed E-state index contributed by atoms with van der Waals surface area (Å²) in [6.45, 7) is 0.467. The van der Waals surface area contributed by atoms with Gasteiger partial charge in [0.15, 0.2) is 11.5 Å². The third-order valence-corrected chi connectivity index (χ3v) is 6.09. The quantitative estimate of drug-likeness (QED) is 0.275. The molecular formula is C29H27F3N2O3. The van der Waals surface area contributed by atoms with Crippen molar-refractivity contribution in [3.05, 3.63) is 102 Å². The Morgan fingerprint density at radius 2 is 1.51 bits per heavy atom. The van der Waals surface area contributed by atoms with Gasteiger partial charge in [-0.3, -0.25) is 0 Å². The number of methoxy groups -OCH3 is 2. The molecule has 0 heterocycles. The van der Waals surface area contributed by atoms with Crippen molar-refractivity contribution >= 4 is 22.5 Å². The molecule has 192 valence electrons. The van der Waals surface area contributed by atoms with Crippen LogP contribution in [0.2, 0.25) is 0 Å². The van der Waals surface area contributed by atoms with Crippen LogP contribution in [0.5, 0.6) is 11.5 Å². The summed E-state index contributed by atoms with van der Waals surface area (Å²) in [4.78, 5) is 15.0. The van der Waals surface area contributed by atoms with E-state index in [-0.39, 0.29) is 12.6 Å². The Morgan fingerprint density at radius 1 is 0.838 bits per heavy atom. The van der Waals surface area contributed by atoms with E-state index in [4.69, 9.17) is 9.47 Å². The van der Waals surface area contributed by atoms with Gasteiger partial charge in [-0.1, -0.05) is 54.6 Å². The van der Waals surface area contributed by atoms with E-state index in [0.29, 0.717) is 35.7 Å². The standard InChI is InChI=1S/C29H27F3N2O3/c1-36-26-15-12-20(18-27(26)37-2)16-17-34(19-21-10-13-23(14-11-21)29(30,31)32)28(35)33-25-9-5-7-22-6-3-4-8-24(22)25/h3-15,18H,16-17,19H2,1-2H3,(H,33,35). The molecule has 4 rings (SSSR count). The summed E-state index contributed by atoms with van der Waals surface area (Å²) in [5, 5.41) is 4.86. The summed E-state index contributed by atoms with van der Waals surface area (Å²) in [5.74, 6) is 1.18. The molecule has 0 spiro atoms. The number of anilines is 1. The molecule has 8 heteroatoms. The smallest absolute Gasteiger partial charge is 0.416 e. The van der Waals surface area contributed by atoms with Crippen LogP contribution in [0.1, 0.15) is 16.7 Å². The molecule has 0 atom stereocenters. The Labute approximate surface area is 213 Å². The Morgan fingerprint density at radius 3 is 2.22 bits per heavy atom. The maximum Gasteiger partial charge on any atom is 0.416 e. The van der Waals surface area contributed by atoms with Gasteiger partial charge < -0.3 is 19.7 Å². The molecule has 0 aromatic heterocycles. The highest BCUT2D eigenvalue weighted by Crippen LogP contribution is 2.30. The summed E-state index contributed by atoms with van der Waals surface area (Å²) in [6, 6.07) is 23.4. The molecule has 0 saturated carbocycles. The van der Waals surface area contributed by atoms with Crippen LogP contribution in [0.4, 0.5) is 23.7 Å². The third-order valence-electron chi connectivity index (χ3n) is 6.09. The number of urea groups is 1. The van der Waals surface area contributed by atoms with Gasteiger partial charge in [0.1, 0.15) is 0 Å². The fraction of sp³-hybridized carbons (Fsp3) is 0.207. The van der Waals surface area contributed by atoms with E-state index in [1.807, 2.05) is 54.6 Å². The highest BCUT2D eigenvalue weighted by molar-refractivity contribution is 6.01. The molecule has 4 aromatic rings. The van der Waals surface area contributed by atoms with Crippen molar-refractivity contribution in [2.75, 3.05) is 26.1 Å². The van der Waals surface area contributed by atoms with Gasteiger partial charge in [-0.2, -0.15) is 13.2 Å². The first-order valence-corrected chi connectivity index (χ1v) is 11.7. The maximum absolute atomic E-state index is 13.4. The Kier molecular flexibility index (Phi) is 7.86. The van der Waals surface area contributed by atoms with Crippen molar-refractivity contribution in [2.24, 2.45) is 0 Å². The Balaban J connectivity index is 1.57. The summed E-state index contributed by atoms with van der Waals surface area (Å²) >= 11 is 0. The topological polar surface area (TPSA) is 50.8 Å². The summed E-state index contributed by atoms with van der Waals surface area (Å²) < 4.78 is 49.7. The van der Waals surface area contributed by atoms with E-state index in [2.05, 4.69) is 5.32 Å². The van der Waals surface area contributed by atoms with E-state index in [1.165, 1.54) is 12.1 Å². The van der Waals surface area contributed by atoms with Gasteiger partial charge in [0.2, 0.25) is 0 Å². The zero-order valence-electron chi connectivity index (χ0n) is 20.5. The molecule has 0 saturated heterocycles. The molecule has 0 unspecified atom stereocenters. The fourth-order valence-electron chi connectivity index (χ4n) is 4.10. The number of hydrogen-bond acceptors (Lipinski definition) is 3. The summed E-state index contributed by atoms with van der Waals surface area (Å²) in [5.41, 5.74) is 1.45. The first-order valence-electron chi connectivity index (χ1n) is 11.7. The summed E-state index contributed by atoms with van der Waals surface area (Å²) in [7, 11) is 3.11. The number of fused-ring (bicyclic) bond motifs is 1. The molecule has 2 amide bonds. The second-order valence-electron chi connectivity index (χ2n) is 8.51. The molecule has 4 aromatic carbocycles. The van der Waals surface area contributed by atoms with Crippen LogP contribution in [-0.4, -0.2) is 31.7 Å². The van der Waals surface area contributed by atoms with E-state index in [9.17, 15) is 18.0 Å². The number of nitrogens with one attached hydrogen (secondary N) is 1.